The van der Waals surface area contributed by atoms with Crippen LogP contribution in [0.4, 0.5) is 14.9 Å². The van der Waals surface area contributed by atoms with Crippen LogP contribution in [0, 0.1) is 5.82 Å². The number of nitrogens with one attached hydrogen (secondary N) is 2. The maximum Gasteiger partial charge on any atom is 0.316 e. The monoisotopic (exact) mass is 365 g/mol. The predicted octanol–water partition coefficient (Wildman–Crippen LogP) is 3.06. The van der Waals surface area contributed by atoms with Crippen molar-refractivity contribution in [2.75, 3.05) is 11.9 Å². The third-order valence-electron chi connectivity index (χ3n) is 3.19. The van der Waals surface area contributed by atoms with Gasteiger partial charge in [0.2, 0.25) is 5.91 Å². The fraction of sp³-hybridized carbons (Fsp3) is 0.176. The molecule has 0 radical (unpaired) electrons. The van der Waals surface area contributed by atoms with E-state index in [0.29, 0.717) is 18.0 Å². The van der Waals surface area contributed by atoms with Crippen LogP contribution in [0.5, 0.6) is 5.75 Å². The van der Waals surface area contributed by atoms with E-state index in [0.717, 1.165) is 11.6 Å². The maximum absolute atomic E-state index is 12.9. The van der Waals surface area contributed by atoms with E-state index in [1.807, 2.05) is 0 Å². The van der Waals surface area contributed by atoms with E-state index in [1.54, 1.807) is 24.3 Å². The van der Waals surface area contributed by atoms with Gasteiger partial charge in [0.15, 0.2) is 0 Å². The number of rotatable bonds is 7. The Hall–Kier alpha value is -2.80. The summed E-state index contributed by atoms with van der Waals surface area (Å²) in [6.45, 7) is 0.464. The molecule has 2 aromatic rings. The number of nitrogens with two attached hydrogens (primary N) is 1. The van der Waals surface area contributed by atoms with Gasteiger partial charge < -0.3 is 21.1 Å². The molecule has 0 saturated heterocycles. The number of amides is 3. The zero-order chi connectivity index (χ0) is 18.2. The van der Waals surface area contributed by atoms with Gasteiger partial charge in [0.25, 0.3) is 0 Å². The van der Waals surface area contributed by atoms with Crippen LogP contribution in [0.25, 0.3) is 0 Å². The minimum Gasteiger partial charge on any atom is -0.491 e. The Bertz CT molecular complexity index is 753. The number of hydrogen-bond acceptors (Lipinski definition) is 3. The first-order chi connectivity index (χ1) is 11.9. The highest BCUT2D eigenvalue weighted by molar-refractivity contribution is 6.32. The highest BCUT2D eigenvalue weighted by Gasteiger charge is 2.06. The van der Waals surface area contributed by atoms with Crippen LogP contribution in [0.15, 0.2) is 42.5 Å². The maximum atomic E-state index is 12.9. The molecule has 0 aliphatic carbocycles. The van der Waals surface area contributed by atoms with Crippen molar-refractivity contribution in [1.29, 1.82) is 0 Å². The number of anilines is 1. The lowest BCUT2D eigenvalue weighted by molar-refractivity contribution is -0.121. The van der Waals surface area contributed by atoms with Gasteiger partial charge in [0, 0.05) is 12.2 Å². The van der Waals surface area contributed by atoms with E-state index in [2.05, 4.69) is 10.6 Å². The molecule has 6 nitrogen and oxygen atoms in total. The molecule has 3 amide bonds. The van der Waals surface area contributed by atoms with E-state index < -0.39 is 11.8 Å². The van der Waals surface area contributed by atoms with Gasteiger partial charge in [-0.05, 0) is 35.9 Å². The molecule has 0 aromatic heterocycles. The average molecular weight is 366 g/mol. The van der Waals surface area contributed by atoms with Crippen LogP contribution in [0.3, 0.4) is 0 Å². The van der Waals surface area contributed by atoms with Gasteiger partial charge in [0.05, 0.1) is 18.1 Å². The SMILES string of the molecule is NC(=O)Nc1ccc(CNC(=O)CCOc2ccc(F)cc2Cl)cc1. The summed E-state index contributed by atoms with van der Waals surface area (Å²) >= 11 is 5.83. The molecule has 0 heterocycles. The van der Waals surface area contributed by atoms with E-state index in [-0.39, 0.29) is 24.0 Å². The van der Waals surface area contributed by atoms with Gasteiger partial charge >= 0.3 is 6.03 Å². The lowest BCUT2D eigenvalue weighted by Gasteiger charge is -2.09. The van der Waals surface area contributed by atoms with Gasteiger partial charge in [-0.2, -0.15) is 0 Å². The fourth-order valence-corrected chi connectivity index (χ4v) is 2.20. The standard InChI is InChI=1S/C17H17ClFN3O3/c18-14-9-12(19)3-6-15(14)25-8-7-16(23)21-10-11-1-4-13(5-2-11)22-17(20)24/h1-6,9H,7-8,10H2,(H,21,23)(H3,20,22,24). The minimum absolute atomic E-state index is 0.124. The smallest absolute Gasteiger partial charge is 0.316 e. The second-order valence-corrected chi connectivity index (χ2v) is 5.54. The molecular weight excluding hydrogens is 349 g/mol. The molecule has 0 fully saturated rings. The van der Waals surface area contributed by atoms with Gasteiger partial charge in [-0.25, -0.2) is 9.18 Å². The molecule has 0 unspecified atom stereocenters. The second kappa shape index (κ2) is 8.89. The topological polar surface area (TPSA) is 93.5 Å². The van der Waals surface area contributed by atoms with E-state index in [1.165, 1.54) is 12.1 Å². The molecule has 25 heavy (non-hydrogen) atoms. The van der Waals surface area contributed by atoms with Crippen molar-refractivity contribution < 1.29 is 18.7 Å². The van der Waals surface area contributed by atoms with Crippen LogP contribution >= 0.6 is 11.6 Å². The third-order valence-corrected chi connectivity index (χ3v) is 3.49. The molecule has 4 N–H and O–H groups in total. The number of benzene rings is 2. The molecule has 2 aromatic carbocycles. The van der Waals surface area contributed by atoms with Crippen molar-refractivity contribution in [3.8, 4) is 5.75 Å². The predicted molar refractivity (Wildman–Crippen MR) is 93.0 cm³/mol. The number of halogens is 2. The fourth-order valence-electron chi connectivity index (χ4n) is 1.98. The summed E-state index contributed by atoms with van der Waals surface area (Å²) in [5.41, 5.74) is 6.46. The van der Waals surface area contributed by atoms with Crippen LogP contribution in [-0.4, -0.2) is 18.5 Å². The highest BCUT2D eigenvalue weighted by Crippen LogP contribution is 2.24. The second-order valence-electron chi connectivity index (χ2n) is 5.14. The first-order valence-electron chi connectivity index (χ1n) is 7.44. The Balaban J connectivity index is 1.72. The highest BCUT2D eigenvalue weighted by atomic mass is 35.5. The van der Waals surface area contributed by atoms with E-state index in [9.17, 15) is 14.0 Å². The van der Waals surface area contributed by atoms with Crippen LogP contribution in [0.2, 0.25) is 5.02 Å². The number of carbonyl (C=O) groups is 2. The third kappa shape index (κ3) is 6.31. The first kappa shape index (κ1) is 18.5. The lowest BCUT2D eigenvalue weighted by Crippen LogP contribution is -2.24. The number of carbonyl (C=O) groups excluding carboxylic acids is 2. The summed E-state index contributed by atoms with van der Waals surface area (Å²) in [6.07, 6.45) is 0.134. The van der Waals surface area contributed by atoms with Gasteiger partial charge in [-0.3, -0.25) is 4.79 Å². The Labute approximate surface area is 149 Å². The molecule has 132 valence electrons. The molecule has 0 atom stereocenters. The summed E-state index contributed by atoms with van der Waals surface area (Å²) in [5.74, 6) is -0.321. The van der Waals surface area contributed by atoms with Crippen molar-refractivity contribution in [2.45, 2.75) is 13.0 Å². The largest absolute Gasteiger partial charge is 0.491 e. The zero-order valence-corrected chi connectivity index (χ0v) is 14.0. The zero-order valence-electron chi connectivity index (χ0n) is 13.2. The van der Waals surface area contributed by atoms with E-state index in [4.69, 9.17) is 22.1 Å². The molecule has 0 saturated carbocycles. The number of urea groups is 1. The normalized spacial score (nSPS) is 10.2. The number of ether oxygens (including phenoxy) is 1. The Morgan fingerprint density at radius 1 is 1.16 bits per heavy atom. The molecule has 0 aliphatic heterocycles. The Morgan fingerprint density at radius 3 is 2.52 bits per heavy atom. The summed E-state index contributed by atoms with van der Waals surface area (Å²) < 4.78 is 18.3. The first-order valence-corrected chi connectivity index (χ1v) is 7.82. The van der Waals surface area contributed by atoms with Crippen molar-refractivity contribution in [3.63, 3.8) is 0 Å². The number of primary amides is 1. The molecule has 2 rings (SSSR count). The molecule has 0 bridgehead atoms. The van der Waals surface area contributed by atoms with Crippen LogP contribution in [-0.2, 0) is 11.3 Å². The summed E-state index contributed by atoms with van der Waals surface area (Å²) in [6, 6.07) is 10.1. The Kier molecular flexibility index (Phi) is 6.59. The Morgan fingerprint density at radius 2 is 1.88 bits per heavy atom. The molecule has 0 spiro atoms. The van der Waals surface area contributed by atoms with Gasteiger partial charge in [-0.1, -0.05) is 23.7 Å². The quantitative estimate of drug-likeness (QED) is 0.704. The van der Waals surface area contributed by atoms with Gasteiger partial charge in [-0.15, -0.1) is 0 Å². The minimum atomic E-state index is -0.637. The summed E-state index contributed by atoms with van der Waals surface area (Å²) in [7, 11) is 0. The average Bonchev–Trinajstić information content (AvgIpc) is 2.56. The summed E-state index contributed by atoms with van der Waals surface area (Å²) in [4.78, 5) is 22.5. The summed E-state index contributed by atoms with van der Waals surface area (Å²) in [5, 5.41) is 5.35. The lowest BCUT2D eigenvalue weighted by atomic mass is 10.2. The number of hydrogen-bond donors (Lipinski definition) is 3. The van der Waals surface area contributed by atoms with Crippen molar-refractivity contribution in [3.05, 3.63) is 58.9 Å². The van der Waals surface area contributed by atoms with Crippen molar-refractivity contribution in [1.82, 2.24) is 5.32 Å². The molecule has 8 heteroatoms. The van der Waals surface area contributed by atoms with Crippen LogP contribution in [0.1, 0.15) is 12.0 Å². The van der Waals surface area contributed by atoms with E-state index >= 15 is 0 Å². The molecular formula is C17H17ClFN3O3. The van der Waals surface area contributed by atoms with Crippen molar-refractivity contribution in [2.24, 2.45) is 5.73 Å². The molecule has 0 aliphatic rings. The van der Waals surface area contributed by atoms with Gasteiger partial charge in [0.1, 0.15) is 11.6 Å². The van der Waals surface area contributed by atoms with Crippen molar-refractivity contribution >= 4 is 29.2 Å². The van der Waals surface area contributed by atoms with Crippen LogP contribution < -0.4 is 21.1 Å².